The molecule has 0 saturated heterocycles. The number of nitrogens with zero attached hydrogens (tertiary/aromatic N) is 1. The molecule has 2 aromatic rings. The van der Waals surface area contributed by atoms with E-state index in [1.807, 2.05) is 18.2 Å². The van der Waals surface area contributed by atoms with Gasteiger partial charge in [0, 0.05) is 6.20 Å². The van der Waals surface area contributed by atoms with Crippen molar-refractivity contribution in [3.05, 3.63) is 47.7 Å². The van der Waals surface area contributed by atoms with Crippen LogP contribution in [0.2, 0.25) is 0 Å². The molecule has 2 N–H and O–H groups in total. The molecule has 20 heavy (non-hydrogen) atoms. The highest BCUT2D eigenvalue weighted by molar-refractivity contribution is 7.89. The molecule has 0 bridgehead atoms. The second kappa shape index (κ2) is 4.88. The highest BCUT2D eigenvalue weighted by Gasteiger charge is 2.17. The molecule has 0 fully saturated rings. The second-order valence-corrected chi connectivity index (χ2v) is 6.27. The Kier molecular flexibility index (Phi) is 3.19. The summed E-state index contributed by atoms with van der Waals surface area (Å²) in [5, 5.41) is 5.15. The first-order valence-corrected chi connectivity index (χ1v) is 7.86. The third-order valence-electron chi connectivity index (χ3n) is 3.33. The zero-order valence-corrected chi connectivity index (χ0v) is 11.6. The van der Waals surface area contributed by atoms with Gasteiger partial charge >= 0.3 is 0 Å². The number of ether oxygens (including phenoxy) is 1. The lowest BCUT2D eigenvalue weighted by molar-refractivity contribution is 0.446. The number of fused-ring (bicyclic) bond motifs is 1. The van der Waals surface area contributed by atoms with Crippen molar-refractivity contribution in [2.75, 3.05) is 0 Å². The van der Waals surface area contributed by atoms with E-state index in [4.69, 9.17) is 9.88 Å². The van der Waals surface area contributed by atoms with E-state index in [0.717, 1.165) is 19.3 Å². The largest absolute Gasteiger partial charge is 0.438 e. The maximum Gasteiger partial charge on any atom is 0.243 e. The molecule has 1 aromatic carbocycles. The third-order valence-corrected chi connectivity index (χ3v) is 4.25. The first-order chi connectivity index (χ1) is 9.54. The highest BCUT2D eigenvalue weighted by atomic mass is 32.2. The van der Waals surface area contributed by atoms with Crippen LogP contribution >= 0.6 is 0 Å². The van der Waals surface area contributed by atoms with E-state index in [2.05, 4.69) is 4.98 Å². The summed E-state index contributed by atoms with van der Waals surface area (Å²) in [6.45, 7) is 0. The summed E-state index contributed by atoms with van der Waals surface area (Å²) >= 11 is 0. The van der Waals surface area contributed by atoms with Gasteiger partial charge in [-0.3, -0.25) is 0 Å². The Balaban J connectivity index is 1.96. The lowest BCUT2D eigenvalue weighted by atomic mass is 10.1. The molecule has 0 amide bonds. The molecule has 0 atom stereocenters. The highest BCUT2D eigenvalue weighted by Crippen LogP contribution is 2.30. The van der Waals surface area contributed by atoms with Crippen molar-refractivity contribution in [2.45, 2.75) is 24.2 Å². The maximum atomic E-state index is 11.5. The summed E-state index contributed by atoms with van der Waals surface area (Å²) in [5.74, 6) is 0.585. The molecule has 0 radical (unpaired) electrons. The molecule has 1 heterocycles. The summed E-state index contributed by atoms with van der Waals surface area (Å²) < 4.78 is 28.6. The van der Waals surface area contributed by atoms with Crippen LogP contribution < -0.4 is 9.88 Å². The van der Waals surface area contributed by atoms with Crippen LogP contribution in [0.25, 0.3) is 0 Å². The molecule has 5 nitrogen and oxygen atoms in total. The van der Waals surface area contributed by atoms with Gasteiger partial charge < -0.3 is 4.74 Å². The standard InChI is InChI=1S/C14H14N2O3S/c15-20(17,18)13-5-2-8-16-14(13)19-12-7-6-10-3-1-4-11(10)9-12/h2,5-9H,1,3-4H2,(H2,15,17,18). The number of aryl methyl sites for hydroxylation is 2. The molecule has 0 aliphatic heterocycles. The van der Waals surface area contributed by atoms with Gasteiger partial charge in [-0.1, -0.05) is 6.07 Å². The van der Waals surface area contributed by atoms with Crippen molar-refractivity contribution in [1.82, 2.24) is 4.98 Å². The SMILES string of the molecule is NS(=O)(=O)c1cccnc1Oc1ccc2c(c1)CCC2. The molecular formula is C14H14N2O3S. The van der Waals surface area contributed by atoms with Crippen LogP contribution in [-0.2, 0) is 22.9 Å². The predicted octanol–water partition coefficient (Wildman–Crippen LogP) is 2.01. The topological polar surface area (TPSA) is 82.3 Å². The fourth-order valence-corrected chi connectivity index (χ4v) is 3.00. The average molecular weight is 290 g/mol. The molecule has 0 saturated carbocycles. The van der Waals surface area contributed by atoms with E-state index in [-0.39, 0.29) is 10.8 Å². The fraction of sp³-hybridized carbons (Fsp3) is 0.214. The van der Waals surface area contributed by atoms with Gasteiger partial charge in [-0.25, -0.2) is 18.5 Å². The smallest absolute Gasteiger partial charge is 0.243 e. The van der Waals surface area contributed by atoms with Crippen LogP contribution in [0.5, 0.6) is 11.6 Å². The monoisotopic (exact) mass is 290 g/mol. The molecule has 104 valence electrons. The van der Waals surface area contributed by atoms with E-state index in [1.54, 1.807) is 0 Å². The first-order valence-electron chi connectivity index (χ1n) is 6.31. The van der Waals surface area contributed by atoms with Gasteiger partial charge in [0.1, 0.15) is 10.6 Å². The van der Waals surface area contributed by atoms with Gasteiger partial charge in [0.15, 0.2) is 0 Å². The third kappa shape index (κ3) is 2.52. The lowest BCUT2D eigenvalue weighted by Gasteiger charge is -2.09. The van der Waals surface area contributed by atoms with Crippen molar-refractivity contribution < 1.29 is 13.2 Å². The van der Waals surface area contributed by atoms with Crippen LogP contribution in [0.3, 0.4) is 0 Å². The molecule has 0 spiro atoms. The molecule has 0 unspecified atom stereocenters. The molecule has 6 heteroatoms. The minimum Gasteiger partial charge on any atom is -0.438 e. The lowest BCUT2D eigenvalue weighted by Crippen LogP contribution is -2.13. The Hall–Kier alpha value is -1.92. The molecule has 1 aliphatic carbocycles. The number of hydrogen-bond acceptors (Lipinski definition) is 4. The Bertz CT molecular complexity index is 757. The van der Waals surface area contributed by atoms with E-state index in [1.165, 1.54) is 29.5 Å². The minimum absolute atomic E-state index is 0.00736. The zero-order valence-electron chi connectivity index (χ0n) is 10.7. The van der Waals surface area contributed by atoms with Gasteiger partial charge in [-0.15, -0.1) is 0 Å². The van der Waals surface area contributed by atoms with Crippen LogP contribution in [0.1, 0.15) is 17.5 Å². The summed E-state index contributed by atoms with van der Waals surface area (Å²) in [7, 11) is -3.85. The second-order valence-electron chi connectivity index (χ2n) is 4.74. The van der Waals surface area contributed by atoms with E-state index < -0.39 is 10.0 Å². The van der Waals surface area contributed by atoms with Crippen LogP contribution in [0.15, 0.2) is 41.4 Å². The van der Waals surface area contributed by atoms with Crippen molar-refractivity contribution >= 4 is 10.0 Å². The van der Waals surface area contributed by atoms with Gasteiger partial charge in [0.25, 0.3) is 0 Å². The van der Waals surface area contributed by atoms with Gasteiger partial charge in [0.2, 0.25) is 15.9 Å². The Morgan fingerprint density at radius 1 is 1.15 bits per heavy atom. The van der Waals surface area contributed by atoms with Crippen molar-refractivity contribution in [3.63, 3.8) is 0 Å². The number of sulfonamides is 1. The van der Waals surface area contributed by atoms with Crippen LogP contribution in [0.4, 0.5) is 0 Å². The normalized spacial score (nSPS) is 14.1. The van der Waals surface area contributed by atoms with Gasteiger partial charge in [0.05, 0.1) is 0 Å². The molecular weight excluding hydrogens is 276 g/mol. The molecule has 3 rings (SSSR count). The summed E-state index contributed by atoms with van der Waals surface area (Å²) in [6, 6.07) is 8.66. The number of primary sulfonamides is 1. The average Bonchev–Trinajstić information content (AvgIpc) is 2.85. The Morgan fingerprint density at radius 2 is 1.95 bits per heavy atom. The van der Waals surface area contributed by atoms with E-state index in [9.17, 15) is 8.42 Å². The minimum atomic E-state index is -3.85. The predicted molar refractivity (Wildman–Crippen MR) is 74.2 cm³/mol. The Morgan fingerprint density at radius 3 is 2.75 bits per heavy atom. The van der Waals surface area contributed by atoms with Crippen molar-refractivity contribution in [3.8, 4) is 11.6 Å². The summed E-state index contributed by atoms with van der Waals surface area (Å²) in [4.78, 5) is 3.84. The Labute approximate surface area is 117 Å². The van der Waals surface area contributed by atoms with E-state index >= 15 is 0 Å². The number of aromatic nitrogens is 1. The van der Waals surface area contributed by atoms with Crippen molar-refractivity contribution in [2.24, 2.45) is 5.14 Å². The van der Waals surface area contributed by atoms with Crippen molar-refractivity contribution in [1.29, 1.82) is 0 Å². The fourth-order valence-electron chi connectivity index (χ4n) is 2.39. The van der Waals surface area contributed by atoms with Crippen LogP contribution in [0, 0.1) is 0 Å². The summed E-state index contributed by atoms with van der Waals surface area (Å²) in [6.07, 6.45) is 4.72. The quantitative estimate of drug-likeness (QED) is 0.937. The van der Waals surface area contributed by atoms with Crippen LogP contribution in [-0.4, -0.2) is 13.4 Å². The summed E-state index contributed by atoms with van der Waals surface area (Å²) in [5.41, 5.74) is 2.57. The number of pyridine rings is 1. The number of hydrogen-bond donors (Lipinski definition) is 1. The maximum absolute atomic E-state index is 11.5. The zero-order chi connectivity index (χ0) is 14.2. The van der Waals surface area contributed by atoms with E-state index in [0.29, 0.717) is 5.75 Å². The number of benzene rings is 1. The number of rotatable bonds is 3. The molecule has 1 aromatic heterocycles. The van der Waals surface area contributed by atoms with Gasteiger partial charge in [-0.05, 0) is 54.7 Å². The molecule has 1 aliphatic rings. The number of nitrogens with two attached hydrogens (primary N) is 1. The van der Waals surface area contributed by atoms with Gasteiger partial charge in [-0.2, -0.15) is 0 Å². The first kappa shape index (κ1) is 13.1.